The molecule has 0 radical (unpaired) electrons. The maximum Gasteiger partial charge on any atom is 0.0460 e. The van der Waals surface area contributed by atoms with Crippen LogP contribution in [0, 0.1) is 5.92 Å². The summed E-state index contributed by atoms with van der Waals surface area (Å²) in [5, 5.41) is 9.06. The van der Waals surface area contributed by atoms with Crippen LogP contribution < -0.4 is 0 Å². The lowest BCUT2D eigenvalue weighted by molar-refractivity contribution is 0.126. The molecule has 0 atom stereocenters. The lowest BCUT2D eigenvalue weighted by atomic mass is 9.98. The molecule has 2 heterocycles. The van der Waals surface area contributed by atoms with E-state index in [0.717, 1.165) is 32.5 Å². The largest absolute Gasteiger partial charge is 0.396 e. The molecule has 1 N–H and O–H groups in total. The molecule has 3 heteroatoms. The molecule has 0 unspecified atom stereocenters. The number of likely N-dealkylation sites (tertiary alicyclic amines) is 1. The molecular weight excluding hydrogens is 188 g/mol. The number of hydrogen-bond donors (Lipinski definition) is 1. The second-order valence-electron chi connectivity index (χ2n) is 4.51. The Labute approximate surface area is 91.3 Å². The van der Waals surface area contributed by atoms with E-state index in [4.69, 9.17) is 5.11 Å². The molecule has 0 amide bonds. The van der Waals surface area contributed by atoms with Crippen molar-refractivity contribution in [2.75, 3.05) is 19.7 Å². The molecule has 1 aromatic rings. The first-order valence-electron chi connectivity index (χ1n) is 5.73. The van der Waals surface area contributed by atoms with Gasteiger partial charge in [0, 0.05) is 32.1 Å². The number of hydrogen-bond acceptors (Lipinski definition) is 2. The standard InChI is InChI=1S/C12H20N2O/c1-13-6-2-3-12(13)9-14-7-4-11(10-15)5-8-14/h2-3,6,11,15H,4-5,7-10H2,1H3. The summed E-state index contributed by atoms with van der Waals surface area (Å²) in [5.74, 6) is 0.537. The van der Waals surface area contributed by atoms with Gasteiger partial charge in [-0.2, -0.15) is 0 Å². The Bertz CT molecular complexity index is 300. The number of aromatic nitrogens is 1. The fourth-order valence-corrected chi connectivity index (χ4v) is 2.22. The number of nitrogens with zero attached hydrogens (tertiary/aromatic N) is 2. The maximum absolute atomic E-state index is 9.06. The highest BCUT2D eigenvalue weighted by Gasteiger charge is 2.18. The second kappa shape index (κ2) is 4.81. The summed E-state index contributed by atoms with van der Waals surface area (Å²) in [4.78, 5) is 2.47. The van der Waals surface area contributed by atoms with Crippen molar-refractivity contribution >= 4 is 0 Å². The Morgan fingerprint density at radius 1 is 1.40 bits per heavy atom. The molecule has 0 saturated carbocycles. The summed E-state index contributed by atoms with van der Waals surface area (Å²) in [6.45, 7) is 3.65. The monoisotopic (exact) mass is 208 g/mol. The molecule has 0 aliphatic carbocycles. The molecule has 0 bridgehead atoms. The summed E-state index contributed by atoms with van der Waals surface area (Å²) in [7, 11) is 2.09. The van der Waals surface area contributed by atoms with E-state index in [2.05, 4.69) is 34.8 Å². The van der Waals surface area contributed by atoms with Gasteiger partial charge < -0.3 is 9.67 Å². The van der Waals surface area contributed by atoms with Gasteiger partial charge in [-0.05, 0) is 44.0 Å². The van der Waals surface area contributed by atoms with Crippen LogP contribution in [0.25, 0.3) is 0 Å². The molecule has 1 fully saturated rings. The van der Waals surface area contributed by atoms with Gasteiger partial charge in [-0.1, -0.05) is 0 Å². The van der Waals surface area contributed by atoms with Crippen LogP contribution in [0.5, 0.6) is 0 Å². The van der Waals surface area contributed by atoms with Gasteiger partial charge in [-0.3, -0.25) is 4.90 Å². The van der Waals surface area contributed by atoms with Crippen molar-refractivity contribution in [3.63, 3.8) is 0 Å². The third-order valence-electron chi connectivity index (χ3n) is 3.40. The van der Waals surface area contributed by atoms with E-state index in [1.807, 2.05) is 0 Å². The zero-order chi connectivity index (χ0) is 10.7. The van der Waals surface area contributed by atoms with Gasteiger partial charge in [0.05, 0.1) is 0 Å². The number of aliphatic hydroxyl groups is 1. The topological polar surface area (TPSA) is 28.4 Å². The van der Waals surface area contributed by atoms with Crippen molar-refractivity contribution in [3.05, 3.63) is 24.0 Å². The Hall–Kier alpha value is -0.800. The Kier molecular flexibility index (Phi) is 3.44. The lowest BCUT2D eigenvalue weighted by Crippen LogP contribution is -2.34. The van der Waals surface area contributed by atoms with Gasteiger partial charge in [-0.25, -0.2) is 0 Å². The van der Waals surface area contributed by atoms with Crippen LogP contribution in [0.4, 0.5) is 0 Å². The molecule has 2 rings (SSSR count). The van der Waals surface area contributed by atoms with Gasteiger partial charge in [0.25, 0.3) is 0 Å². The summed E-state index contributed by atoms with van der Waals surface area (Å²) >= 11 is 0. The lowest BCUT2D eigenvalue weighted by Gasteiger charge is -2.31. The van der Waals surface area contributed by atoms with Gasteiger partial charge in [0.15, 0.2) is 0 Å². The molecule has 3 nitrogen and oxygen atoms in total. The predicted molar refractivity (Wildman–Crippen MR) is 60.5 cm³/mol. The van der Waals surface area contributed by atoms with Gasteiger partial charge in [0.2, 0.25) is 0 Å². The number of aliphatic hydroxyl groups excluding tert-OH is 1. The van der Waals surface area contributed by atoms with E-state index in [1.54, 1.807) is 0 Å². The van der Waals surface area contributed by atoms with Crippen LogP contribution in [0.3, 0.4) is 0 Å². The minimum absolute atomic E-state index is 0.359. The van der Waals surface area contributed by atoms with Gasteiger partial charge in [0.1, 0.15) is 0 Å². The molecule has 1 aliphatic heterocycles. The van der Waals surface area contributed by atoms with Crippen molar-refractivity contribution in [1.82, 2.24) is 9.47 Å². The molecule has 0 spiro atoms. The minimum atomic E-state index is 0.359. The van der Waals surface area contributed by atoms with Crippen LogP contribution in [-0.2, 0) is 13.6 Å². The molecule has 84 valence electrons. The second-order valence-corrected chi connectivity index (χ2v) is 4.51. The zero-order valence-corrected chi connectivity index (χ0v) is 9.39. The van der Waals surface area contributed by atoms with Crippen molar-refractivity contribution in [3.8, 4) is 0 Å². The summed E-state index contributed by atoms with van der Waals surface area (Å²) in [6.07, 6.45) is 4.37. The van der Waals surface area contributed by atoms with Crippen LogP contribution in [0.1, 0.15) is 18.5 Å². The predicted octanol–water partition coefficient (Wildman–Crippen LogP) is 1.23. The van der Waals surface area contributed by atoms with Crippen LogP contribution >= 0.6 is 0 Å². The third-order valence-corrected chi connectivity index (χ3v) is 3.40. The van der Waals surface area contributed by atoms with E-state index in [1.165, 1.54) is 5.69 Å². The Balaban J connectivity index is 1.85. The van der Waals surface area contributed by atoms with Gasteiger partial charge in [-0.15, -0.1) is 0 Å². The summed E-state index contributed by atoms with van der Waals surface area (Å²) in [5.41, 5.74) is 1.37. The van der Waals surface area contributed by atoms with E-state index < -0.39 is 0 Å². The summed E-state index contributed by atoms with van der Waals surface area (Å²) < 4.78 is 2.18. The van der Waals surface area contributed by atoms with E-state index in [-0.39, 0.29) is 0 Å². The Morgan fingerprint density at radius 2 is 2.13 bits per heavy atom. The normalized spacial score (nSPS) is 19.6. The maximum atomic E-state index is 9.06. The number of rotatable bonds is 3. The number of aryl methyl sites for hydroxylation is 1. The summed E-state index contributed by atoms with van der Waals surface area (Å²) in [6, 6.07) is 4.27. The quantitative estimate of drug-likeness (QED) is 0.809. The SMILES string of the molecule is Cn1cccc1CN1CCC(CO)CC1. The van der Waals surface area contributed by atoms with Crippen molar-refractivity contribution in [2.45, 2.75) is 19.4 Å². The van der Waals surface area contributed by atoms with Crippen LogP contribution in [-0.4, -0.2) is 34.3 Å². The number of piperidine rings is 1. The average molecular weight is 208 g/mol. The van der Waals surface area contributed by atoms with Crippen molar-refractivity contribution in [2.24, 2.45) is 13.0 Å². The molecule has 1 aliphatic rings. The zero-order valence-electron chi connectivity index (χ0n) is 9.39. The Morgan fingerprint density at radius 3 is 2.67 bits per heavy atom. The van der Waals surface area contributed by atoms with Crippen molar-refractivity contribution in [1.29, 1.82) is 0 Å². The van der Waals surface area contributed by atoms with E-state index in [0.29, 0.717) is 12.5 Å². The molecule has 15 heavy (non-hydrogen) atoms. The highest BCUT2D eigenvalue weighted by Crippen LogP contribution is 2.18. The first kappa shape index (κ1) is 10.7. The highest BCUT2D eigenvalue weighted by molar-refractivity contribution is 5.06. The average Bonchev–Trinajstić information content (AvgIpc) is 2.66. The fraction of sp³-hybridized carbons (Fsp3) is 0.667. The first-order chi connectivity index (χ1) is 7.29. The smallest absolute Gasteiger partial charge is 0.0460 e. The highest BCUT2D eigenvalue weighted by atomic mass is 16.3. The van der Waals surface area contributed by atoms with Crippen LogP contribution in [0.2, 0.25) is 0 Å². The van der Waals surface area contributed by atoms with Crippen LogP contribution in [0.15, 0.2) is 18.3 Å². The molecule has 1 aromatic heterocycles. The van der Waals surface area contributed by atoms with Gasteiger partial charge >= 0.3 is 0 Å². The van der Waals surface area contributed by atoms with E-state index in [9.17, 15) is 0 Å². The first-order valence-corrected chi connectivity index (χ1v) is 5.73. The minimum Gasteiger partial charge on any atom is -0.396 e. The molecule has 1 saturated heterocycles. The molecule has 0 aromatic carbocycles. The fourth-order valence-electron chi connectivity index (χ4n) is 2.22. The van der Waals surface area contributed by atoms with Crippen molar-refractivity contribution < 1.29 is 5.11 Å². The third kappa shape index (κ3) is 2.61. The van der Waals surface area contributed by atoms with E-state index >= 15 is 0 Å². The molecular formula is C12H20N2O.